The van der Waals surface area contributed by atoms with Crippen LogP contribution in [0.1, 0.15) is 17.2 Å². The Morgan fingerprint density at radius 2 is 1.78 bits per heavy atom. The van der Waals surface area contributed by atoms with Gasteiger partial charge in [0.25, 0.3) is 0 Å². The lowest BCUT2D eigenvalue weighted by Gasteiger charge is -2.14. The number of ether oxygens (including phenoxy) is 1. The highest BCUT2D eigenvalue weighted by molar-refractivity contribution is 6.38. The molecule has 0 aliphatic rings. The van der Waals surface area contributed by atoms with Crippen molar-refractivity contribution in [1.82, 2.24) is 5.32 Å². The zero-order chi connectivity index (χ0) is 16.8. The molecule has 4 nitrogen and oxygen atoms in total. The van der Waals surface area contributed by atoms with Gasteiger partial charge in [0.15, 0.2) is 0 Å². The van der Waals surface area contributed by atoms with Crippen LogP contribution in [0.3, 0.4) is 0 Å². The third-order valence-corrected chi connectivity index (χ3v) is 4.20. The van der Waals surface area contributed by atoms with Gasteiger partial charge in [-0.05, 0) is 48.4 Å². The van der Waals surface area contributed by atoms with Gasteiger partial charge < -0.3 is 20.9 Å². The first-order valence-corrected chi connectivity index (χ1v) is 8.03. The number of halogens is 2. The Balaban J connectivity index is 1.81. The van der Waals surface area contributed by atoms with E-state index in [0.29, 0.717) is 27.8 Å². The minimum atomic E-state index is -0.693. The smallest absolute Gasteiger partial charge is 0.118 e. The average molecular weight is 355 g/mol. The second-order valence-electron chi connectivity index (χ2n) is 5.22. The first-order chi connectivity index (χ1) is 11.0. The normalized spacial score (nSPS) is 12.2. The van der Waals surface area contributed by atoms with Crippen LogP contribution < -0.4 is 15.8 Å². The van der Waals surface area contributed by atoms with Crippen molar-refractivity contribution in [3.8, 4) is 5.75 Å². The Bertz CT molecular complexity index is 625. The highest BCUT2D eigenvalue weighted by Crippen LogP contribution is 2.31. The maximum atomic E-state index is 10.2. The van der Waals surface area contributed by atoms with E-state index in [9.17, 15) is 5.11 Å². The summed E-state index contributed by atoms with van der Waals surface area (Å²) >= 11 is 12.0. The standard InChI is InChI=1S/C17H20Cl2N2O2/c1-23-13-4-2-11(3-5-13)6-7-21-10-16(22)12-8-14(18)17(20)15(19)9-12/h2-5,8-9,16,21-22H,6-7,10,20H2,1H3. The van der Waals surface area contributed by atoms with Gasteiger partial charge in [0, 0.05) is 6.54 Å². The second-order valence-corrected chi connectivity index (χ2v) is 6.03. The number of nitrogens with two attached hydrogens (primary N) is 1. The molecule has 0 heterocycles. The maximum Gasteiger partial charge on any atom is 0.118 e. The fraction of sp³-hybridized carbons (Fsp3) is 0.294. The molecule has 0 fully saturated rings. The topological polar surface area (TPSA) is 67.5 Å². The van der Waals surface area contributed by atoms with Crippen LogP contribution in [0.2, 0.25) is 10.0 Å². The van der Waals surface area contributed by atoms with Crippen LogP contribution in [0.4, 0.5) is 5.69 Å². The summed E-state index contributed by atoms with van der Waals surface area (Å²) < 4.78 is 5.12. The van der Waals surface area contributed by atoms with E-state index in [0.717, 1.165) is 18.7 Å². The fourth-order valence-corrected chi connectivity index (χ4v) is 2.68. The van der Waals surface area contributed by atoms with Crippen LogP contribution in [0.5, 0.6) is 5.75 Å². The molecule has 23 heavy (non-hydrogen) atoms. The van der Waals surface area contributed by atoms with Gasteiger partial charge in [-0.2, -0.15) is 0 Å². The molecule has 0 bridgehead atoms. The van der Waals surface area contributed by atoms with Gasteiger partial charge >= 0.3 is 0 Å². The molecule has 0 saturated carbocycles. The third kappa shape index (κ3) is 5.01. The number of nitrogen functional groups attached to an aromatic ring is 1. The summed E-state index contributed by atoms with van der Waals surface area (Å²) in [6.07, 6.45) is 0.168. The molecule has 0 aromatic heterocycles. The fourth-order valence-electron chi connectivity index (χ4n) is 2.18. The Morgan fingerprint density at radius 1 is 1.17 bits per heavy atom. The van der Waals surface area contributed by atoms with Crippen LogP contribution in [-0.2, 0) is 6.42 Å². The number of methoxy groups -OCH3 is 1. The second kappa shape index (κ2) is 8.41. The molecule has 6 heteroatoms. The number of nitrogens with one attached hydrogen (secondary N) is 1. The van der Waals surface area contributed by atoms with Crippen LogP contribution in [-0.4, -0.2) is 25.3 Å². The Labute approximate surface area is 146 Å². The summed E-state index contributed by atoms with van der Waals surface area (Å²) in [5.74, 6) is 0.842. The van der Waals surface area contributed by atoms with E-state index in [1.54, 1.807) is 19.2 Å². The lowest BCUT2D eigenvalue weighted by Crippen LogP contribution is -2.23. The molecule has 1 atom stereocenters. The molecule has 0 amide bonds. The van der Waals surface area contributed by atoms with Crippen molar-refractivity contribution in [2.45, 2.75) is 12.5 Å². The molecule has 0 radical (unpaired) electrons. The molecule has 1 unspecified atom stereocenters. The summed E-state index contributed by atoms with van der Waals surface area (Å²) in [4.78, 5) is 0. The van der Waals surface area contributed by atoms with E-state index in [-0.39, 0.29) is 0 Å². The van der Waals surface area contributed by atoms with Crippen molar-refractivity contribution >= 4 is 28.9 Å². The number of aliphatic hydroxyl groups excluding tert-OH is 1. The van der Waals surface area contributed by atoms with E-state index in [4.69, 9.17) is 33.7 Å². The molecular formula is C17H20Cl2N2O2. The molecule has 4 N–H and O–H groups in total. The zero-order valence-corrected chi connectivity index (χ0v) is 14.4. The first-order valence-electron chi connectivity index (χ1n) is 7.27. The van der Waals surface area contributed by atoms with Gasteiger partial charge in [-0.15, -0.1) is 0 Å². The van der Waals surface area contributed by atoms with Gasteiger partial charge in [0.2, 0.25) is 0 Å². The van der Waals surface area contributed by atoms with E-state index in [1.165, 1.54) is 5.56 Å². The van der Waals surface area contributed by atoms with Gasteiger partial charge in [-0.1, -0.05) is 35.3 Å². The molecule has 0 spiro atoms. The van der Waals surface area contributed by atoms with Crippen LogP contribution >= 0.6 is 23.2 Å². The number of aliphatic hydroxyl groups is 1. The highest BCUT2D eigenvalue weighted by atomic mass is 35.5. The molecule has 0 aliphatic carbocycles. The van der Waals surface area contributed by atoms with Crippen molar-refractivity contribution in [3.63, 3.8) is 0 Å². The third-order valence-electron chi connectivity index (χ3n) is 3.57. The summed E-state index contributed by atoms with van der Waals surface area (Å²) in [6.45, 7) is 1.16. The van der Waals surface area contributed by atoms with Crippen molar-refractivity contribution in [2.75, 3.05) is 25.9 Å². The number of rotatable bonds is 7. The minimum Gasteiger partial charge on any atom is -0.497 e. The molecule has 2 rings (SSSR count). The Morgan fingerprint density at radius 3 is 2.35 bits per heavy atom. The number of hydrogen-bond donors (Lipinski definition) is 3. The summed E-state index contributed by atoms with van der Waals surface area (Å²) in [5.41, 5.74) is 7.86. The van der Waals surface area contributed by atoms with Gasteiger partial charge in [-0.25, -0.2) is 0 Å². The predicted molar refractivity (Wildman–Crippen MR) is 95.4 cm³/mol. The molecular weight excluding hydrogens is 335 g/mol. The molecule has 124 valence electrons. The SMILES string of the molecule is COc1ccc(CCNCC(O)c2cc(Cl)c(N)c(Cl)c2)cc1. The maximum absolute atomic E-state index is 10.2. The van der Waals surface area contributed by atoms with E-state index in [1.807, 2.05) is 24.3 Å². The first kappa shape index (κ1) is 17.9. The highest BCUT2D eigenvalue weighted by Gasteiger charge is 2.11. The number of hydrogen-bond acceptors (Lipinski definition) is 4. The van der Waals surface area contributed by atoms with Gasteiger partial charge in [-0.3, -0.25) is 0 Å². The van der Waals surface area contributed by atoms with Crippen LogP contribution in [0, 0.1) is 0 Å². The van der Waals surface area contributed by atoms with E-state index >= 15 is 0 Å². The minimum absolute atomic E-state index is 0.330. The molecule has 2 aromatic rings. The number of benzene rings is 2. The quantitative estimate of drug-likeness (QED) is 0.526. The van der Waals surface area contributed by atoms with Crippen LogP contribution in [0.25, 0.3) is 0 Å². The molecule has 2 aromatic carbocycles. The largest absolute Gasteiger partial charge is 0.497 e. The van der Waals surface area contributed by atoms with E-state index in [2.05, 4.69) is 5.32 Å². The monoisotopic (exact) mass is 354 g/mol. The van der Waals surface area contributed by atoms with Crippen LogP contribution in [0.15, 0.2) is 36.4 Å². The average Bonchev–Trinajstić information content (AvgIpc) is 2.56. The summed E-state index contributed by atoms with van der Waals surface area (Å²) in [7, 11) is 1.65. The predicted octanol–water partition coefficient (Wildman–Crippen LogP) is 3.45. The molecule has 0 saturated heterocycles. The van der Waals surface area contributed by atoms with E-state index < -0.39 is 6.10 Å². The van der Waals surface area contributed by atoms with Gasteiger partial charge in [0.1, 0.15) is 5.75 Å². The summed E-state index contributed by atoms with van der Waals surface area (Å²) in [5, 5.41) is 14.1. The lowest BCUT2D eigenvalue weighted by molar-refractivity contribution is 0.175. The lowest BCUT2D eigenvalue weighted by atomic mass is 10.1. The van der Waals surface area contributed by atoms with Crippen molar-refractivity contribution in [2.24, 2.45) is 0 Å². The van der Waals surface area contributed by atoms with Crippen molar-refractivity contribution in [3.05, 3.63) is 57.6 Å². The zero-order valence-electron chi connectivity index (χ0n) is 12.9. The molecule has 0 aliphatic heterocycles. The Kier molecular flexibility index (Phi) is 6.54. The van der Waals surface area contributed by atoms with Crippen molar-refractivity contribution in [1.29, 1.82) is 0 Å². The Hall–Kier alpha value is -1.46. The summed E-state index contributed by atoms with van der Waals surface area (Å²) in [6, 6.07) is 11.2. The van der Waals surface area contributed by atoms with Crippen molar-refractivity contribution < 1.29 is 9.84 Å². The van der Waals surface area contributed by atoms with Gasteiger partial charge in [0.05, 0.1) is 28.9 Å². The number of anilines is 1.